The van der Waals surface area contributed by atoms with Gasteiger partial charge in [0.2, 0.25) is 0 Å². The van der Waals surface area contributed by atoms with Crippen LogP contribution >= 0.6 is 7.82 Å². The Balaban J connectivity index is 1.89. The lowest BCUT2D eigenvalue weighted by Gasteiger charge is -2.25. The molecular formula is C9H18BO7P. The Morgan fingerprint density at radius 3 is 2.61 bits per heavy atom. The van der Waals surface area contributed by atoms with Gasteiger partial charge in [-0.15, -0.1) is 0 Å². The number of hydrogen-bond donors (Lipinski definition) is 2. The smallest absolute Gasteiger partial charge is 0.387 e. The maximum absolute atomic E-state index is 11.9. The highest BCUT2D eigenvalue weighted by Crippen LogP contribution is 2.52. The minimum absolute atomic E-state index is 0.154. The van der Waals surface area contributed by atoms with Crippen molar-refractivity contribution in [2.75, 3.05) is 19.8 Å². The average Bonchev–Trinajstić information content (AvgIpc) is 2.52. The first kappa shape index (κ1) is 14.5. The number of hydrogen-bond acceptors (Lipinski definition) is 7. The maximum atomic E-state index is 11.9. The van der Waals surface area contributed by atoms with Gasteiger partial charge in [0.1, 0.15) is 25.7 Å². The second kappa shape index (κ2) is 5.21. The Hall–Kier alpha value is 0.0549. The van der Waals surface area contributed by atoms with Gasteiger partial charge in [-0.05, 0) is 13.3 Å². The number of phosphoric ester groups is 1. The van der Waals surface area contributed by atoms with Crippen LogP contribution in [0.3, 0.4) is 0 Å². The van der Waals surface area contributed by atoms with Crippen LogP contribution < -0.4 is 0 Å². The van der Waals surface area contributed by atoms with E-state index in [4.69, 9.17) is 18.3 Å². The molecule has 2 fully saturated rings. The molecule has 0 saturated carbocycles. The van der Waals surface area contributed by atoms with E-state index in [2.05, 4.69) is 0 Å². The van der Waals surface area contributed by atoms with E-state index in [1.807, 2.05) is 0 Å². The number of aliphatic hydroxyl groups excluding tert-OH is 1. The molecule has 0 spiro atoms. The molecule has 2 N–H and O–H groups in total. The van der Waals surface area contributed by atoms with Crippen LogP contribution in [0.4, 0.5) is 0 Å². The maximum Gasteiger partial charge on any atom is 0.474 e. The molecule has 0 aromatic rings. The largest absolute Gasteiger partial charge is 0.474 e. The van der Waals surface area contributed by atoms with Gasteiger partial charge in [-0.25, -0.2) is 4.57 Å². The van der Waals surface area contributed by atoms with Crippen molar-refractivity contribution in [1.82, 2.24) is 0 Å². The molecule has 0 amide bonds. The SMILES string of the molecule is B[C@@H]1O[C@H](COP2(=O)OCCCO2)[C@@H](O)[C@@]1(C)O. The Kier molecular flexibility index (Phi) is 4.18. The van der Waals surface area contributed by atoms with Crippen LogP contribution in [-0.4, -0.2) is 61.7 Å². The minimum Gasteiger partial charge on any atom is -0.387 e. The summed E-state index contributed by atoms with van der Waals surface area (Å²) < 4.78 is 32.2. The molecule has 0 aliphatic carbocycles. The number of ether oxygens (including phenoxy) is 1. The summed E-state index contributed by atoms with van der Waals surface area (Å²) >= 11 is 0. The third-order valence-electron chi connectivity index (χ3n) is 3.34. The molecule has 0 aromatic heterocycles. The molecule has 0 radical (unpaired) electrons. The van der Waals surface area contributed by atoms with E-state index >= 15 is 0 Å². The van der Waals surface area contributed by atoms with E-state index in [-0.39, 0.29) is 6.61 Å². The summed E-state index contributed by atoms with van der Waals surface area (Å²) in [5.74, 6) is 0. The Bertz CT molecular complexity index is 340. The summed E-state index contributed by atoms with van der Waals surface area (Å²) in [5, 5.41) is 19.8. The number of phosphoric acid groups is 1. The third kappa shape index (κ3) is 2.80. The first-order valence-electron chi connectivity index (χ1n) is 5.95. The first-order chi connectivity index (χ1) is 8.35. The molecule has 18 heavy (non-hydrogen) atoms. The highest BCUT2D eigenvalue weighted by molar-refractivity contribution is 7.48. The summed E-state index contributed by atoms with van der Waals surface area (Å²) in [6.07, 6.45) is -1.19. The van der Waals surface area contributed by atoms with Gasteiger partial charge in [-0.3, -0.25) is 13.6 Å². The second-order valence-electron chi connectivity index (χ2n) is 4.75. The number of rotatable bonds is 3. The van der Waals surface area contributed by atoms with E-state index in [0.29, 0.717) is 19.6 Å². The fourth-order valence-electron chi connectivity index (χ4n) is 1.91. The van der Waals surface area contributed by atoms with Gasteiger partial charge in [-0.1, -0.05) is 0 Å². The Labute approximate surface area is 106 Å². The lowest BCUT2D eigenvalue weighted by atomic mass is 9.82. The van der Waals surface area contributed by atoms with Crippen molar-refractivity contribution >= 4 is 15.7 Å². The third-order valence-corrected chi connectivity index (χ3v) is 4.80. The van der Waals surface area contributed by atoms with Crippen molar-refractivity contribution in [1.29, 1.82) is 0 Å². The van der Waals surface area contributed by atoms with Crippen LogP contribution in [0.1, 0.15) is 13.3 Å². The fraction of sp³-hybridized carbons (Fsp3) is 1.00. The summed E-state index contributed by atoms with van der Waals surface area (Å²) in [6.45, 7) is 1.97. The molecule has 2 saturated heterocycles. The number of aliphatic hydroxyl groups is 2. The Morgan fingerprint density at radius 2 is 2.11 bits per heavy atom. The Morgan fingerprint density at radius 1 is 1.50 bits per heavy atom. The van der Waals surface area contributed by atoms with Crippen molar-refractivity contribution < 1.29 is 33.1 Å². The zero-order chi connectivity index (χ0) is 13.4. The zero-order valence-corrected chi connectivity index (χ0v) is 11.3. The van der Waals surface area contributed by atoms with Crippen LogP contribution in [0.25, 0.3) is 0 Å². The van der Waals surface area contributed by atoms with Crippen LogP contribution in [0, 0.1) is 0 Å². The van der Waals surface area contributed by atoms with Crippen molar-refractivity contribution in [3.05, 3.63) is 0 Å². The monoisotopic (exact) mass is 280 g/mol. The molecule has 2 heterocycles. The molecule has 2 aliphatic heterocycles. The molecule has 9 heteroatoms. The van der Waals surface area contributed by atoms with Gasteiger partial charge in [0, 0.05) is 0 Å². The van der Waals surface area contributed by atoms with Crippen LogP contribution in [0.5, 0.6) is 0 Å². The molecular weight excluding hydrogens is 262 g/mol. The summed E-state index contributed by atoms with van der Waals surface area (Å²) in [7, 11) is -1.87. The predicted molar refractivity (Wildman–Crippen MR) is 63.9 cm³/mol. The molecule has 2 aliphatic rings. The highest BCUT2D eigenvalue weighted by Gasteiger charge is 2.50. The summed E-state index contributed by atoms with van der Waals surface area (Å²) in [6, 6.07) is -0.532. The summed E-state index contributed by atoms with van der Waals surface area (Å²) in [5.41, 5.74) is -1.35. The molecule has 0 bridgehead atoms. The van der Waals surface area contributed by atoms with Crippen LogP contribution in [0.2, 0.25) is 0 Å². The molecule has 0 unspecified atom stereocenters. The van der Waals surface area contributed by atoms with Crippen molar-refractivity contribution in [2.24, 2.45) is 0 Å². The lowest BCUT2D eigenvalue weighted by molar-refractivity contribution is -0.0481. The average molecular weight is 280 g/mol. The van der Waals surface area contributed by atoms with Gasteiger partial charge < -0.3 is 14.9 Å². The minimum atomic E-state index is -3.53. The molecule has 4 atom stereocenters. The predicted octanol–water partition coefficient (Wildman–Crippen LogP) is -0.982. The quantitative estimate of drug-likeness (QED) is 0.506. The van der Waals surface area contributed by atoms with Crippen molar-refractivity contribution in [2.45, 2.75) is 37.2 Å². The lowest BCUT2D eigenvalue weighted by Crippen LogP contribution is -2.46. The van der Waals surface area contributed by atoms with Gasteiger partial charge in [-0.2, -0.15) is 0 Å². The van der Waals surface area contributed by atoms with E-state index in [1.165, 1.54) is 6.92 Å². The second-order valence-corrected chi connectivity index (χ2v) is 6.42. The first-order valence-corrected chi connectivity index (χ1v) is 7.41. The normalized spacial score (nSPS) is 44.1. The summed E-state index contributed by atoms with van der Waals surface area (Å²) in [4.78, 5) is 0. The van der Waals surface area contributed by atoms with E-state index < -0.39 is 31.6 Å². The standard InChI is InChI=1S/C9H18BO7P/c1-9(12)7(11)6(17-8(9)10)5-16-18(13)14-3-2-4-15-18/h6-8,11-12H,2-5,10H2,1H3/t6-,7-,8-,9-/m1/s1. The fourth-order valence-corrected chi connectivity index (χ4v) is 3.17. The van der Waals surface area contributed by atoms with Crippen LogP contribution in [0.15, 0.2) is 0 Å². The topological polar surface area (TPSA) is 94.5 Å². The van der Waals surface area contributed by atoms with Crippen molar-refractivity contribution in [3.8, 4) is 0 Å². The van der Waals surface area contributed by atoms with E-state index in [0.717, 1.165) is 0 Å². The zero-order valence-electron chi connectivity index (χ0n) is 10.4. The molecule has 2 rings (SSSR count). The van der Waals surface area contributed by atoms with Crippen molar-refractivity contribution in [3.63, 3.8) is 0 Å². The van der Waals surface area contributed by atoms with E-state index in [1.54, 1.807) is 7.85 Å². The molecule has 0 aromatic carbocycles. The van der Waals surface area contributed by atoms with Gasteiger partial charge in [0.05, 0.1) is 25.8 Å². The highest BCUT2D eigenvalue weighted by atomic mass is 31.2. The van der Waals surface area contributed by atoms with Gasteiger partial charge in [0.25, 0.3) is 0 Å². The van der Waals surface area contributed by atoms with E-state index in [9.17, 15) is 14.8 Å². The van der Waals surface area contributed by atoms with Gasteiger partial charge >= 0.3 is 7.82 Å². The molecule has 7 nitrogen and oxygen atoms in total. The van der Waals surface area contributed by atoms with Crippen LogP contribution in [-0.2, 0) is 22.9 Å². The van der Waals surface area contributed by atoms with Gasteiger partial charge in [0.15, 0.2) is 0 Å². The molecule has 104 valence electrons.